The number of hydrogen-bond donors (Lipinski definition) is 0. The van der Waals surface area contributed by atoms with Gasteiger partial charge in [0.05, 0.1) is 17.4 Å². The Morgan fingerprint density at radius 1 is 1.28 bits per heavy atom. The van der Waals surface area contributed by atoms with Gasteiger partial charge in [0.2, 0.25) is 0 Å². The van der Waals surface area contributed by atoms with Crippen LogP contribution in [0.4, 0.5) is 4.39 Å². The summed E-state index contributed by atoms with van der Waals surface area (Å²) in [7, 11) is 0. The van der Waals surface area contributed by atoms with Crippen LogP contribution in [0.3, 0.4) is 0 Å². The molecular formula is C19H25FN4O. The molecule has 0 unspecified atom stereocenters. The second kappa shape index (κ2) is 7.04. The molecule has 6 heteroatoms. The zero-order valence-electron chi connectivity index (χ0n) is 15.1. The van der Waals surface area contributed by atoms with E-state index in [-0.39, 0.29) is 23.2 Å². The van der Waals surface area contributed by atoms with E-state index in [0.29, 0.717) is 18.5 Å². The summed E-state index contributed by atoms with van der Waals surface area (Å²) < 4.78 is 14.9. The minimum atomic E-state index is -0.319. The van der Waals surface area contributed by atoms with E-state index in [9.17, 15) is 9.18 Å². The van der Waals surface area contributed by atoms with Crippen molar-refractivity contribution in [1.29, 1.82) is 0 Å². The molecule has 134 valence electrons. The molecule has 0 saturated carbocycles. The quantitative estimate of drug-likeness (QED) is 0.780. The number of aromatic nitrogens is 3. The Morgan fingerprint density at radius 2 is 2.00 bits per heavy atom. The second-order valence-corrected chi connectivity index (χ2v) is 7.73. The topological polar surface area (TPSA) is 51.0 Å². The van der Waals surface area contributed by atoms with E-state index >= 15 is 0 Å². The van der Waals surface area contributed by atoms with Gasteiger partial charge in [-0.2, -0.15) is 0 Å². The summed E-state index contributed by atoms with van der Waals surface area (Å²) >= 11 is 0. The molecule has 1 aromatic carbocycles. The minimum Gasteiger partial charge on any atom is -0.294 e. The fourth-order valence-corrected chi connectivity index (χ4v) is 3.21. The molecule has 0 amide bonds. The molecule has 0 spiro atoms. The van der Waals surface area contributed by atoms with E-state index in [0.717, 1.165) is 25.1 Å². The van der Waals surface area contributed by atoms with Gasteiger partial charge in [0.1, 0.15) is 5.82 Å². The second-order valence-electron chi connectivity index (χ2n) is 7.73. The van der Waals surface area contributed by atoms with Gasteiger partial charge in [-0.05, 0) is 64.4 Å². The Kier molecular flexibility index (Phi) is 4.99. The Labute approximate surface area is 147 Å². The van der Waals surface area contributed by atoms with Crippen molar-refractivity contribution >= 4 is 5.78 Å². The first-order chi connectivity index (χ1) is 11.8. The largest absolute Gasteiger partial charge is 0.294 e. The lowest BCUT2D eigenvalue weighted by Gasteiger charge is -2.23. The van der Waals surface area contributed by atoms with Crippen molar-refractivity contribution in [2.75, 3.05) is 6.54 Å². The first-order valence-corrected chi connectivity index (χ1v) is 8.77. The molecule has 0 radical (unpaired) electrons. The summed E-state index contributed by atoms with van der Waals surface area (Å²) in [5.74, 6) is -0.253. The van der Waals surface area contributed by atoms with E-state index in [4.69, 9.17) is 0 Å². The van der Waals surface area contributed by atoms with Gasteiger partial charge in [0.15, 0.2) is 5.78 Å². The highest BCUT2D eigenvalue weighted by Crippen LogP contribution is 2.24. The Balaban J connectivity index is 1.63. The summed E-state index contributed by atoms with van der Waals surface area (Å²) in [5, 5.41) is 8.48. The number of likely N-dealkylation sites (tertiary alicyclic amines) is 1. The molecular weight excluding hydrogens is 319 g/mol. The first kappa shape index (κ1) is 17.7. The van der Waals surface area contributed by atoms with Crippen molar-refractivity contribution in [1.82, 2.24) is 19.9 Å². The van der Waals surface area contributed by atoms with Crippen molar-refractivity contribution in [2.45, 2.75) is 58.2 Å². The lowest BCUT2D eigenvalue weighted by Crippen LogP contribution is -2.31. The summed E-state index contributed by atoms with van der Waals surface area (Å²) in [5.41, 5.74) is 1.41. The molecule has 2 aromatic rings. The van der Waals surface area contributed by atoms with Gasteiger partial charge in [0, 0.05) is 24.6 Å². The molecule has 2 heterocycles. The fraction of sp³-hybridized carbons (Fsp3) is 0.526. The number of carbonyl (C=O) groups excluding carboxylic acids is 1. The van der Waals surface area contributed by atoms with Crippen molar-refractivity contribution in [3.63, 3.8) is 0 Å². The van der Waals surface area contributed by atoms with Gasteiger partial charge in [-0.25, -0.2) is 9.07 Å². The highest BCUT2D eigenvalue weighted by molar-refractivity contribution is 5.96. The molecule has 1 atom stereocenters. The predicted molar refractivity (Wildman–Crippen MR) is 93.8 cm³/mol. The number of ketones is 1. The number of rotatable bonds is 5. The Morgan fingerprint density at radius 3 is 2.64 bits per heavy atom. The maximum Gasteiger partial charge on any atom is 0.164 e. The number of Topliss-reactive ketones (excluding diaryl/α,β-unsaturated/α-hetero) is 1. The SMILES string of the molecule is CC(C)(C)n1cc(CN2CCC[C@@H]2CC(=O)c2ccc(F)cc2)nn1. The van der Waals surface area contributed by atoms with E-state index in [2.05, 4.69) is 36.0 Å². The molecule has 0 aliphatic carbocycles. The van der Waals surface area contributed by atoms with E-state index in [1.54, 1.807) is 12.1 Å². The summed E-state index contributed by atoms with van der Waals surface area (Å²) in [4.78, 5) is 14.8. The smallest absolute Gasteiger partial charge is 0.164 e. The van der Waals surface area contributed by atoms with Crippen LogP contribution in [0, 0.1) is 5.82 Å². The number of halogens is 1. The van der Waals surface area contributed by atoms with Crippen LogP contribution in [0.2, 0.25) is 0 Å². The van der Waals surface area contributed by atoms with Crippen LogP contribution < -0.4 is 0 Å². The fourth-order valence-electron chi connectivity index (χ4n) is 3.21. The standard InChI is InChI=1S/C19H25FN4O/c1-19(2,3)24-13-16(21-22-24)12-23-10-4-5-17(23)11-18(25)14-6-8-15(20)9-7-14/h6-9,13,17H,4-5,10-12H2,1-3H3/t17-/m1/s1. The Bertz CT molecular complexity index is 733. The normalized spacial score (nSPS) is 18.6. The molecule has 1 aromatic heterocycles. The van der Waals surface area contributed by atoms with Crippen molar-refractivity contribution < 1.29 is 9.18 Å². The molecule has 0 N–H and O–H groups in total. The summed E-state index contributed by atoms with van der Waals surface area (Å²) in [6.45, 7) is 7.93. The van der Waals surface area contributed by atoms with E-state index < -0.39 is 0 Å². The van der Waals surface area contributed by atoms with Crippen molar-refractivity contribution in [2.24, 2.45) is 0 Å². The third-order valence-corrected chi connectivity index (χ3v) is 4.68. The molecule has 25 heavy (non-hydrogen) atoms. The van der Waals surface area contributed by atoms with Crippen LogP contribution in [-0.2, 0) is 12.1 Å². The van der Waals surface area contributed by atoms with E-state index in [1.165, 1.54) is 12.1 Å². The summed E-state index contributed by atoms with van der Waals surface area (Å²) in [6.07, 6.45) is 4.52. The monoisotopic (exact) mass is 344 g/mol. The average molecular weight is 344 g/mol. The summed E-state index contributed by atoms with van der Waals surface area (Å²) in [6, 6.07) is 6.00. The number of carbonyl (C=O) groups is 1. The minimum absolute atomic E-state index is 0.0650. The molecule has 1 aliphatic rings. The number of nitrogens with zero attached hydrogens (tertiary/aromatic N) is 4. The first-order valence-electron chi connectivity index (χ1n) is 8.77. The van der Waals surface area contributed by atoms with Gasteiger partial charge in [0.25, 0.3) is 0 Å². The van der Waals surface area contributed by atoms with Crippen LogP contribution in [0.1, 0.15) is 56.1 Å². The zero-order chi connectivity index (χ0) is 18.0. The van der Waals surface area contributed by atoms with Gasteiger partial charge < -0.3 is 0 Å². The number of benzene rings is 1. The van der Waals surface area contributed by atoms with Crippen LogP contribution in [0.5, 0.6) is 0 Å². The van der Waals surface area contributed by atoms with Gasteiger partial charge in [-0.1, -0.05) is 5.21 Å². The molecule has 1 fully saturated rings. The highest BCUT2D eigenvalue weighted by Gasteiger charge is 2.28. The molecule has 1 aliphatic heterocycles. The molecule has 0 bridgehead atoms. The van der Waals surface area contributed by atoms with Gasteiger partial charge in [-0.3, -0.25) is 9.69 Å². The maximum absolute atomic E-state index is 13.0. The number of hydrogen-bond acceptors (Lipinski definition) is 4. The molecule has 5 nitrogen and oxygen atoms in total. The third kappa shape index (κ3) is 4.31. The predicted octanol–water partition coefficient (Wildman–Crippen LogP) is 3.41. The van der Waals surface area contributed by atoms with Crippen molar-refractivity contribution in [3.8, 4) is 0 Å². The van der Waals surface area contributed by atoms with Crippen LogP contribution in [0.15, 0.2) is 30.5 Å². The molecule has 1 saturated heterocycles. The zero-order valence-corrected chi connectivity index (χ0v) is 15.1. The van der Waals surface area contributed by atoms with Crippen LogP contribution in [0.25, 0.3) is 0 Å². The van der Waals surface area contributed by atoms with Crippen LogP contribution in [-0.4, -0.2) is 38.3 Å². The Hall–Kier alpha value is -2.08. The maximum atomic E-state index is 13.0. The van der Waals surface area contributed by atoms with E-state index in [1.807, 2.05) is 10.9 Å². The van der Waals surface area contributed by atoms with Crippen molar-refractivity contribution in [3.05, 3.63) is 47.5 Å². The lowest BCUT2D eigenvalue weighted by atomic mass is 10.0. The average Bonchev–Trinajstić information content (AvgIpc) is 3.18. The van der Waals surface area contributed by atoms with Crippen LogP contribution >= 0.6 is 0 Å². The highest BCUT2D eigenvalue weighted by atomic mass is 19.1. The lowest BCUT2D eigenvalue weighted by molar-refractivity contribution is 0.0938. The molecule has 3 rings (SSSR count). The third-order valence-electron chi connectivity index (χ3n) is 4.68. The van der Waals surface area contributed by atoms with Gasteiger partial charge in [-0.15, -0.1) is 5.10 Å². The van der Waals surface area contributed by atoms with Gasteiger partial charge >= 0.3 is 0 Å².